The van der Waals surface area contributed by atoms with Crippen molar-refractivity contribution in [2.75, 3.05) is 17.5 Å². The highest BCUT2D eigenvalue weighted by Crippen LogP contribution is 2.25. The number of hydrogen-bond donors (Lipinski definition) is 1. The zero-order valence-corrected chi connectivity index (χ0v) is 17.8. The lowest BCUT2D eigenvalue weighted by atomic mass is 10.1. The van der Waals surface area contributed by atoms with Crippen molar-refractivity contribution in [1.29, 1.82) is 0 Å². The highest BCUT2D eigenvalue weighted by Gasteiger charge is 2.28. The van der Waals surface area contributed by atoms with Gasteiger partial charge in [0.2, 0.25) is 5.91 Å². The molecule has 0 bridgehead atoms. The van der Waals surface area contributed by atoms with E-state index in [0.29, 0.717) is 18.0 Å². The molecule has 0 aromatic heterocycles. The topological polar surface area (TPSA) is 75.7 Å². The predicted octanol–water partition coefficient (Wildman–Crippen LogP) is 3.50. The summed E-state index contributed by atoms with van der Waals surface area (Å²) in [5.74, 6) is 0.219. The molecular formula is C21H28N2O4S. The average molecular weight is 405 g/mol. The Morgan fingerprint density at radius 1 is 1.04 bits per heavy atom. The molecule has 0 aliphatic carbocycles. The molecule has 0 saturated heterocycles. The fraction of sp³-hybridized carbons (Fsp3) is 0.381. The number of nitrogens with one attached hydrogen (secondary N) is 1. The van der Waals surface area contributed by atoms with Crippen LogP contribution in [0.2, 0.25) is 0 Å². The number of benzene rings is 2. The van der Waals surface area contributed by atoms with Crippen LogP contribution in [-0.4, -0.2) is 33.0 Å². The van der Waals surface area contributed by atoms with Gasteiger partial charge in [-0.3, -0.25) is 9.10 Å². The lowest BCUT2D eigenvalue weighted by Crippen LogP contribution is -2.47. The van der Waals surface area contributed by atoms with Crippen molar-refractivity contribution < 1.29 is 17.9 Å². The largest absolute Gasteiger partial charge is 0.494 e. The van der Waals surface area contributed by atoms with Crippen molar-refractivity contribution in [3.8, 4) is 5.75 Å². The van der Waals surface area contributed by atoms with Crippen LogP contribution in [0.5, 0.6) is 5.75 Å². The molecule has 0 heterocycles. The monoisotopic (exact) mass is 404 g/mol. The summed E-state index contributed by atoms with van der Waals surface area (Å²) in [6.07, 6.45) is 0. The number of carbonyl (C=O) groups excluding carboxylic acids is 1. The Kier molecular flexibility index (Phi) is 6.72. The molecule has 6 nitrogen and oxygen atoms in total. The Labute approximate surface area is 167 Å². The molecule has 0 aliphatic heterocycles. The van der Waals surface area contributed by atoms with E-state index >= 15 is 0 Å². The van der Waals surface area contributed by atoms with Crippen molar-refractivity contribution in [3.05, 3.63) is 54.1 Å². The molecule has 1 N–H and O–H groups in total. The molecule has 2 aromatic rings. The molecule has 0 fully saturated rings. The Bertz CT molecular complexity index is 899. The van der Waals surface area contributed by atoms with Gasteiger partial charge in [-0.1, -0.05) is 17.7 Å². The molecule has 0 saturated carbocycles. The van der Waals surface area contributed by atoms with Gasteiger partial charge in [-0.05, 0) is 71.0 Å². The van der Waals surface area contributed by atoms with Crippen LogP contribution in [0.1, 0.15) is 33.3 Å². The first-order chi connectivity index (χ1) is 13.0. The number of carbonyl (C=O) groups is 1. The fourth-order valence-electron chi connectivity index (χ4n) is 2.62. The lowest BCUT2D eigenvalue weighted by molar-refractivity contribution is -0.121. The Balaban J connectivity index is 2.41. The third-order valence-electron chi connectivity index (χ3n) is 3.85. The van der Waals surface area contributed by atoms with Gasteiger partial charge in [0.1, 0.15) is 12.3 Å². The van der Waals surface area contributed by atoms with Crippen molar-refractivity contribution in [1.82, 2.24) is 5.32 Å². The number of sulfonamides is 1. The van der Waals surface area contributed by atoms with Gasteiger partial charge in [0, 0.05) is 5.54 Å². The standard InChI is InChI=1S/C21H28N2O4S/c1-6-27-18-11-13-19(14-12-18)28(25,26)23(15-20(24)22-21(3,4)5)17-9-7-16(2)8-10-17/h7-14H,6,15H2,1-5H3,(H,22,24). The molecular weight excluding hydrogens is 376 g/mol. The Morgan fingerprint density at radius 3 is 2.11 bits per heavy atom. The molecule has 0 spiro atoms. The van der Waals surface area contributed by atoms with E-state index in [0.717, 1.165) is 9.87 Å². The SMILES string of the molecule is CCOc1ccc(S(=O)(=O)N(CC(=O)NC(C)(C)C)c2ccc(C)cc2)cc1. The van der Waals surface area contributed by atoms with Crippen molar-refractivity contribution in [3.63, 3.8) is 0 Å². The highest BCUT2D eigenvalue weighted by molar-refractivity contribution is 7.92. The minimum atomic E-state index is -3.93. The number of anilines is 1. The summed E-state index contributed by atoms with van der Waals surface area (Å²) in [5.41, 5.74) is 0.976. The van der Waals surface area contributed by atoms with Crippen LogP contribution in [-0.2, 0) is 14.8 Å². The molecule has 28 heavy (non-hydrogen) atoms. The molecule has 0 unspecified atom stereocenters. The summed E-state index contributed by atoms with van der Waals surface area (Å²) in [4.78, 5) is 12.6. The Hall–Kier alpha value is -2.54. The third-order valence-corrected chi connectivity index (χ3v) is 5.63. The predicted molar refractivity (Wildman–Crippen MR) is 111 cm³/mol. The lowest BCUT2D eigenvalue weighted by Gasteiger charge is -2.27. The highest BCUT2D eigenvalue weighted by atomic mass is 32.2. The number of aryl methyl sites for hydroxylation is 1. The first-order valence-electron chi connectivity index (χ1n) is 9.16. The maximum atomic E-state index is 13.3. The second kappa shape index (κ2) is 8.65. The Morgan fingerprint density at radius 2 is 1.61 bits per heavy atom. The summed E-state index contributed by atoms with van der Waals surface area (Å²) < 4.78 is 33.1. The number of nitrogens with zero attached hydrogens (tertiary/aromatic N) is 1. The molecule has 1 amide bonds. The first-order valence-corrected chi connectivity index (χ1v) is 10.6. The zero-order chi connectivity index (χ0) is 20.9. The molecule has 0 radical (unpaired) electrons. The van der Waals surface area contributed by atoms with Crippen LogP contribution in [0.4, 0.5) is 5.69 Å². The van der Waals surface area contributed by atoms with Gasteiger partial charge in [-0.15, -0.1) is 0 Å². The zero-order valence-electron chi connectivity index (χ0n) is 17.0. The van der Waals surface area contributed by atoms with E-state index in [4.69, 9.17) is 4.74 Å². The number of hydrogen-bond acceptors (Lipinski definition) is 4. The number of rotatable bonds is 7. The maximum absolute atomic E-state index is 13.3. The first kappa shape index (κ1) is 21.8. The second-order valence-electron chi connectivity index (χ2n) is 7.55. The van der Waals surface area contributed by atoms with E-state index in [1.54, 1.807) is 24.3 Å². The van der Waals surface area contributed by atoms with Crippen LogP contribution in [0.3, 0.4) is 0 Å². The van der Waals surface area contributed by atoms with Crippen LogP contribution in [0, 0.1) is 6.92 Å². The molecule has 152 valence electrons. The van der Waals surface area contributed by atoms with E-state index in [1.165, 1.54) is 12.1 Å². The minimum Gasteiger partial charge on any atom is -0.494 e. The van der Waals surface area contributed by atoms with Gasteiger partial charge < -0.3 is 10.1 Å². The molecule has 7 heteroatoms. The summed E-state index contributed by atoms with van der Waals surface area (Å²) in [5, 5.41) is 2.82. The van der Waals surface area contributed by atoms with E-state index in [-0.39, 0.29) is 17.3 Å². The van der Waals surface area contributed by atoms with E-state index in [2.05, 4.69) is 5.32 Å². The van der Waals surface area contributed by atoms with Gasteiger partial charge in [0.25, 0.3) is 10.0 Å². The van der Waals surface area contributed by atoms with Crippen LogP contribution >= 0.6 is 0 Å². The third kappa shape index (κ3) is 5.73. The molecule has 2 aromatic carbocycles. The normalized spacial score (nSPS) is 11.8. The van der Waals surface area contributed by atoms with Gasteiger partial charge in [0.05, 0.1) is 17.2 Å². The van der Waals surface area contributed by atoms with Crippen LogP contribution in [0.25, 0.3) is 0 Å². The number of ether oxygens (including phenoxy) is 1. The van der Waals surface area contributed by atoms with E-state index in [1.807, 2.05) is 46.8 Å². The number of amides is 1. The molecule has 0 atom stereocenters. The van der Waals surface area contributed by atoms with E-state index in [9.17, 15) is 13.2 Å². The maximum Gasteiger partial charge on any atom is 0.264 e. The molecule has 0 aliphatic rings. The summed E-state index contributed by atoms with van der Waals surface area (Å²) >= 11 is 0. The fourth-order valence-corrected chi connectivity index (χ4v) is 4.04. The molecule has 2 rings (SSSR count). The van der Waals surface area contributed by atoms with Crippen molar-refractivity contribution in [2.45, 2.75) is 45.1 Å². The van der Waals surface area contributed by atoms with Gasteiger partial charge in [0.15, 0.2) is 0 Å². The second-order valence-corrected chi connectivity index (χ2v) is 9.41. The van der Waals surface area contributed by atoms with Crippen LogP contribution < -0.4 is 14.4 Å². The quantitative estimate of drug-likeness (QED) is 0.766. The summed E-state index contributed by atoms with van der Waals surface area (Å²) in [6, 6.07) is 13.2. The minimum absolute atomic E-state index is 0.0973. The summed E-state index contributed by atoms with van der Waals surface area (Å²) in [6.45, 7) is 9.51. The van der Waals surface area contributed by atoms with Crippen molar-refractivity contribution >= 4 is 21.6 Å². The van der Waals surface area contributed by atoms with Gasteiger partial charge in [-0.25, -0.2) is 8.42 Å². The van der Waals surface area contributed by atoms with Gasteiger partial charge in [-0.2, -0.15) is 0 Å². The van der Waals surface area contributed by atoms with Crippen LogP contribution in [0.15, 0.2) is 53.4 Å². The van der Waals surface area contributed by atoms with Crippen molar-refractivity contribution in [2.24, 2.45) is 0 Å². The summed E-state index contributed by atoms with van der Waals surface area (Å²) in [7, 11) is -3.93. The average Bonchev–Trinajstić information content (AvgIpc) is 2.60. The smallest absolute Gasteiger partial charge is 0.264 e. The van der Waals surface area contributed by atoms with E-state index < -0.39 is 15.6 Å². The van der Waals surface area contributed by atoms with Gasteiger partial charge >= 0.3 is 0 Å².